The summed E-state index contributed by atoms with van der Waals surface area (Å²) in [4.78, 5) is 58.4. The van der Waals surface area contributed by atoms with Crippen LogP contribution in [-0.2, 0) is 24.0 Å². The number of carboxylic acids is 1. The average Bonchev–Trinajstić information content (AvgIpc) is 2.59. The van der Waals surface area contributed by atoms with Crippen molar-refractivity contribution in [1.82, 2.24) is 16.0 Å². The lowest BCUT2D eigenvalue weighted by atomic mass is 10.0. The van der Waals surface area contributed by atoms with E-state index < -0.39 is 53.6 Å². The van der Waals surface area contributed by atoms with Crippen molar-refractivity contribution in [3.8, 4) is 0 Å². The molecule has 27 heavy (non-hydrogen) atoms. The second-order valence-electron chi connectivity index (χ2n) is 6.14. The molecule has 3 unspecified atom stereocenters. The van der Waals surface area contributed by atoms with E-state index in [-0.39, 0.29) is 25.1 Å². The molecule has 0 heterocycles. The number of carbonyl (C=O) groups is 5. The zero-order chi connectivity index (χ0) is 21.1. The fourth-order valence-corrected chi connectivity index (χ4v) is 2.30. The van der Waals surface area contributed by atoms with Gasteiger partial charge in [0.25, 0.3) is 0 Å². The Morgan fingerprint density at radius 3 is 1.96 bits per heavy atom. The first-order valence-electron chi connectivity index (χ1n) is 8.25. The molecule has 8 N–H and O–H groups in total. The SMILES string of the molecule is CC(C)C(NC(=O)C(CCC(N)=O)NC(=O)C(CS)NC(=O)CN)C(=O)O. The van der Waals surface area contributed by atoms with Gasteiger partial charge in [-0.2, -0.15) is 12.6 Å². The number of nitrogens with one attached hydrogen (secondary N) is 3. The second kappa shape index (κ2) is 12.1. The summed E-state index contributed by atoms with van der Waals surface area (Å²) in [6.07, 6.45) is -0.347. The molecule has 0 radical (unpaired) electrons. The maximum Gasteiger partial charge on any atom is 0.326 e. The minimum absolute atomic E-state index is 0.0640. The average molecular weight is 405 g/mol. The number of hydrogen-bond acceptors (Lipinski definition) is 7. The van der Waals surface area contributed by atoms with Gasteiger partial charge in [-0.25, -0.2) is 4.79 Å². The first-order valence-corrected chi connectivity index (χ1v) is 8.88. The number of carbonyl (C=O) groups excluding carboxylic acids is 4. The van der Waals surface area contributed by atoms with E-state index in [9.17, 15) is 29.1 Å². The van der Waals surface area contributed by atoms with Crippen molar-refractivity contribution in [2.75, 3.05) is 12.3 Å². The van der Waals surface area contributed by atoms with Crippen molar-refractivity contribution in [1.29, 1.82) is 0 Å². The van der Waals surface area contributed by atoms with E-state index in [0.717, 1.165) is 0 Å². The first kappa shape index (κ1) is 24.7. The summed E-state index contributed by atoms with van der Waals surface area (Å²) < 4.78 is 0. The summed E-state index contributed by atoms with van der Waals surface area (Å²) in [5.41, 5.74) is 10.3. The van der Waals surface area contributed by atoms with Gasteiger partial charge in [0.2, 0.25) is 23.6 Å². The van der Waals surface area contributed by atoms with Crippen LogP contribution in [0.15, 0.2) is 0 Å². The molecule has 154 valence electrons. The number of aliphatic carboxylic acids is 1. The van der Waals surface area contributed by atoms with Crippen molar-refractivity contribution < 1.29 is 29.1 Å². The van der Waals surface area contributed by atoms with Gasteiger partial charge in [-0.1, -0.05) is 13.8 Å². The van der Waals surface area contributed by atoms with Crippen LogP contribution >= 0.6 is 12.6 Å². The minimum atomic E-state index is -1.23. The molecule has 11 nitrogen and oxygen atoms in total. The Morgan fingerprint density at radius 1 is 1.00 bits per heavy atom. The standard InChI is InChI=1S/C15H27N5O6S/c1-7(2)12(15(25)26)20-13(23)8(3-4-10(17)21)19-14(24)9(6-27)18-11(22)5-16/h7-9,12,27H,3-6,16H2,1-2H3,(H2,17,21)(H,18,22)(H,19,24)(H,20,23)(H,25,26). The summed E-state index contributed by atoms with van der Waals surface area (Å²) in [6.45, 7) is 2.88. The van der Waals surface area contributed by atoms with Crippen molar-refractivity contribution in [2.45, 2.75) is 44.8 Å². The summed E-state index contributed by atoms with van der Waals surface area (Å²) >= 11 is 3.97. The van der Waals surface area contributed by atoms with E-state index >= 15 is 0 Å². The van der Waals surface area contributed by atoms with Crippen LogP contribution in [0.4, 0.5) is 0 Å². The number of amides is 4. The molecule has 0 fully saturated rings. The lowest BCUT2D eigenvalue weighted by Gasteiger charge is -2.24. The van der Waals surface area contributed by atoms with E-state index in [1.807, 2.05) is 0 Å². The number of thiol groups is 1. The van der Waals surface area contributed by atoms with Crippen LogP contribution in [0.1, 0.15) is 26.7 Å². The Bertz CT molecular complexity index is 571. The van der Waals surface area contributed by atoms with E-state index in [1.54, 1.807) is 13.8 Å². The number of hydrogen-bond donors (Lipinski definition) is 7. The van der Waals surface area contributed by atoms with Gasteiger partial charge in [0, 0.05) is 12.2 Å². The van der Waals surface area contributed by atoms with Gasteiger partial charge in [-0.15, -0.1) is 0 Å². The highest BCUT2D eigenvalue weighted by molar-refractivity contribution is 7.80. The van der Waals surface area contributed by atoms with Crippen molar-refractivity contribution >= 4 is 42.2 Å². The Morgan fingerprint density at radius 2 is 1.56 bits per heavy atom. The highest BCUT2D eigenvalue weighted by atomic mass is 32.1. The molecule has 0 aromatic rings. The zero-order valence-corrected chi connectivity index (χ0v) is 16.1. The predicted octanol–water partition coefficient (Wildman–Crippen LogP) is -2.66. The highest BCUT2D eigenvalue weighted by Crippen LogP contribution is 2.05. The van der Waals surface area contributed by atoms with E-state index in [2.05, 4.69) is 28.6 Å². The third-order valence-electron chi connectivity index (χ3n) is 3.56. The zero-order valence-electron chi connectivity index (χ0n) is 15.2. The molecule has 0 aliphatic carbocycles. The first-order chi connectivity index (χ1) is 12.5. The normalized spacial score (nSPS) is 14.0. The van der Waals surface area contributed by atoms with Crippen LogP contribution in [-0.4, -0.2) is 65.1 Å². The van der Waals surface area contributed by atoms with Crippen LogP contribution in [0.2, 0.25) is 0 Å². The second-order valence-corrected chi connectivity index (χ2v) is 6.51. The summed E-state index contributed by atoms with van der Waals surface area (Å²) in [6, 6.07) is -3.46. The quantitative estimate of drug-likeness (QED) is 0.172. The van der Waals surface area contributed by atoms with Crippen LogP contribution in [0, 0.1) is 5.92 Å². The third kappa shape index (κ3) is 9.24. The lowest BCUT2D eigenvalue weighted by molar-refractivity contribution is -0.143. The monoisotopic (exact) mass is 405 g/mol. The summed E-state index contributed by atoms with van der Waals surface area (Å²) in [7, 11) is 0. The molecule has 4 amide bonds. The maximum atomic E-state index is 12.4. The molecule has 3 atom stereocenters. The highest BCUT2D eigenvalue weighted by Gasteiger charge is 2.30. The van der Waals surface area contributed by atoms with Crippen LogP contribution in [0.3, 0.4) is 0 Å². The number of primary amides is 1. The molecule has 0 saturated heterocycles. The predicted molar refractivity (Wildman–Crippen MR) is 99.6 cm³/mol. The number of nitrogens with two attached hydrogens (primary N) is 2. The summed E-state index contributed by atoms with van der Waals surface area (Å²) in [5.74, 6) is -4.50. The fraction of sp³-hybridized carbons (Fsp3) is 0.667. The van der Waals surface area contributed by atoms with Gasteiger partial charge in [-0.05, 0) is 12.3 Å². The molecule has 0 aromatic carbocycles. The van der Waals surface area contributed by atoms with E-state index in [4.69, 9.17) is 11.5 Å². The van der Waals surface area contributed by atoms with E-state index in [1.165, 1.54) is 0 Å². The molecule has 0 bridgehead atoms. The molecule has 0 rings (SSSR count). The maximum absolute atomic E-state index is 12.4. The van der Waals surface area contributed by atoms with Crippen molar-refractivity contribution in [3.63, 3.8) is 0 Å². The molecule has 0 aliphatic rings. The van der Waals surface area contributed by atoms with Gasteiger partial charge in [-0.3, -0.25) is 19.2 Å². The molecular weight excluding hydrogens is 378 g/mol. The molecule has 0 aliphatic heterocycles. The Labute approximate surface area is 162 Å². The summed E-state index contributed by atoms with van der Waals surface area (Å²) in [5, 5.41) is 16.2. The van der Waals surface area contributed by atoms with Gasteiger partial charge in [0.15, 0.2) is 0 Å². The van der Waals surface area contributed by atoms with Gasteiger partial charge < -0.3 is 32.5 Å². The topological polar surface area (TPSA) is 194 Å². The Hall–Kier alpha value is -2.34. The molecule has 0 saturated carbocycles. The Balaban J connectivity index is 5.24. The largest absolute Gasteiger partial charge is 0.480 e. The van der Waals surface area contributed by atoms with Crippen molar-refractivity contribution in [2.24, 2.45) is 17.4 Å². The number of carboxylic acid groups (broad SMARTS) is 1. The fourth-order valence-electron chi connectivity index (χ4n) is 2.04. The van der Waals surface area contributed by atoms with Crippen LogP contribution in [0.5, 0.6) is 0 Å². The van der Waals surface area contributed by atoms with Crippen molar-refractivity contribution in [3.05, 3.63) is 0 Å². The smallest absolute Gasteiger partial charge is 0.326 e. The van der Waals surface area contributed by atoms with Gasteiger partial charge >= 0.3 is 5.97 Å². The third-order valence-corrected chi connectivity index (χ3v) is 3.93. The lowest BCUT2D eigenvalue weighted by Crippen LogP contribution is -2.57. The number of rotatable bonds is 12. The van der Waals surface area contributed by atoms with Gasteiger partial charge in [0.1, 0.15) is 18.1 Å². The minimum Gasteiger partial charge on any atom is -0.480 e. The molecule has 0 aromatic heterocycles. The van der Waals surface area contributed by atoms with E-state index in [0.29, 0.717) is 0 Å². The molecular formula is C15H27N5O6S. The van der Waals surface area contributed by atoms with Crippen LogP contribution in [0.25, 0.3) is 0 Å². The molecule has 12 heteroatoms. The van der Waals surface area contributed by atoms with Crippen LogP contribution < -0.4 is 27.4 Å². The Kier molecular flexibility index (Phi) is 11.1. The van der Waals surface area contributed by atoms with Gasteiger partial charge in [0.05, 0.1) is 6.54 Å². The molecule has 0 spiro atoms.